The first-order valence-electron chi connectivity index (χ1n) is 6.63. The lowest BCUT2D eigenvalue weighted by Gasteiger charge is -2.04. The first kappa shape index (κ1) is 17.7. The van der Waals surface area contributed by atoms with Crippen LogP contribution in [-0.4, -0.2) is 22.7 Å². The SMILES string of the molecule is O=[N+]([O-])c1ccc(N/N=C/c2ccc(OC(F)F)cc2)c([N+](=O)[O-])c1. The van der Waals surface area contributed by atoms with E-state index in [-0.39, 0.29) is 11.4 Å². The zero-order chi connectivity index (χ0) is 18.4. The summed E-state index contributed by atoms with van der Waals surface area (Å²) in [6.07, 6.45) is 1.29. The van der Waals surface area contributed by atoms with Crippen LogP contribution in [0.1, 0.15) is 5.56 Å². The Morgan fingerprint density at radius 3 is 2.32 bits per heavy atom. The van der Waals surface area contributed by atoms with E-state index >= 15 is 0 Å². The summed E-state index contributed by atoms with van der Waals surface area (Å²) in [4.78, 5) is 20.1. The standard InChI is InChI=1S/C14H10F2N4O5/c15-14(16)25-11-4-1-9(2-5-11)8-17-18-12-6-3-10(19(21)22)7-13(12)20(23)24/h1-8,14,18H/b17-8+. The van der Waals surface area contributed by atoms with Gasteiger partial charge in [-0.25, -0.2) is 0 Å². The van der Waals surface area contributed by atoms with Crippen molar-refractivity contribution in [2.75, 3.05) is 5.43 Å². The van der Waals surface area contributed by atoms with Crippen LogP contribution in [0.15, 0.2) is 47.6 Å². The van der Waals surface area contributed by atoms with Gasteiger partial charge >= 0.3 is 12.3 Å². The molecule has 0 saturated carbocycles. The first-order valence-corrected chi connectivity index (χ1v) is 6.63. The van der Waals surface area contributed by atoms with Crippen molar-refractivity contribution in [3.05, 3.63) is 68.3 Å². The third-order valence-corrected chi connectivity index (χ3v) is 2.89. The van der Waals surface area contributed by atoms with Crippen LogP contribution in [0.4, 0.5) is 25.8 Å². The maximum Gasteiger partial charge on any atom is 0.387 e. The lowest BCUT2D eigenvalue weighted by molar-refractivity contribution is -0.393. The lowest BCUT2D eigenvalue weighted by Crippen LogP contribution is -2.01. The van der Waals surface area contributed by atoms with Gasteiger partial charge in [-0.2, -0.15) is 13.9 Å². The molecule has 2 rings (SSSR count). The van der Waals surface area contributed by atoms with Crippen molar-refractivity contribution < 1.29 is 23.4 Å². The molecule has 0 aliphatic carbocycles. The van der Waals surface area contributed by atoms with E-state index in [1.165, 1.54) is 30.5 Å². The summed E-state index contributed by atoms with van der Waals surface area (Å²) >= 11 is 0. The monoisotopic (exact) mass is 352 g/mol. The number of nitro benzene ring substituents is 2. The Hall–Kier alpha value is -3.63. The van der Waals surface area contributed by atoms with Crippen molar-refractivity contribution in [3.63, 3.8) is 0 Å². The van der Waals surface area contributed by atoms with Crippen molar-refractivity contribution in [2.45, 2.75) is 6.61 Å². The maximum atomic E-state index is 12.0. The van der Waals surface area contributed by atoms with Gasteiger partial charge in [0, 0.05) is 6.07 Å². The number of alkyl halides is 2. The molecule has 1 N–H and O–H groups in total. The van der Waals surface area contributed by atoms with E-state index in [9.17, 15) is 29.0 Å². The third kappa shape index (κ3) is 4.92. The van der Waals surface area contributed by atoms with E-state index in [1.54, 1.807) is 0 Å². The Morgan fingerprint density at radius 2 is 1.76 bits per heavy atom. The van der Waals surface area contributed by atoms with Crippen LogP contribution in [0, 0.1) is 20.2 Å². The molecule has 0 aliphatic heterocycles. The topological polar surface area (TPSA) is 120 Å². The number of halogens is 2. The average Bonchev–Trinajstić information content (AvgIpc) is 2.55. The number of hydrazone groups is 1. The quantitative estimate of drug-likeness (QED) is 0.462. The number of benzene rings is 2. The molecule has 0 aromatic heterocycles. The van der Waals surface area contributed by atoms with Gasteiger partial charge in [0.1, 0.15) is 11.4 Å². The van der Waals surface area contributed by atoms with Crippen LogP contribution in [0.5, 0.6) is 5.75 Å². The molecule has 9 nitrogen and oxygen atoms in total. The molecule has 2 aromatic carbocycles. The van der Waals surface area contributed by atoms with Crippen LogP contribution in [0.25, 0.3) is 0 Å². The molecule has 0 bridgehead atoms. The molecule has 0 spiro atoms. The van der Waals surface area contributed by atoms with E-state index in [0.29, 0.717) is 5.56 Å². The summed E-state index contributed by atoms with van der Waals surface area (Å²) in [5.41, 5.74) is 1.96. The lowest BCUT2D eigenvalue weighted by atomic mass is 10.2. The highest BCUT2D eigenvalue weighted by molar-refractivity contribution is 5.80. The van der Waals surface area contributed by atoms with Crippen molar-refractivity contribution in [1.82, 2.24) is 0 Å². The molecule has 25 heavy (non-hydrogen) atoms. The molecular formula is C14H10F2N4O5. The zero-order valence-electron chi connectivity index (χ0n) is 12.3. The first-order chi connectivity index (χ1) is 11.9. The minimum atomic E-state index is -2.93. The molecule has 0 atom stereocenters. The molecule has 0 saturated heterocycles. The molecule has 0 aliphatic rings. The van der Waals surface area contributed by atoms with Crippen LogP contribution in [-0.2, 0) is 0 Å². The molecule has 11 heteroatoms. The molecule has 0 fully saturated rings. The predicted molar refractivity (Wildman–Crippen MR) is 84.0 cm³/mol. The van der Waals surface area contributed by atoms with Crippen LogP contribution < -0.4 is 10.2 Å². The third-order valence-electron chi connectivity index (χ3n) is 2.89. The number of rotatable bonds is 7. The summed E-state index contributed by atoms with van der Waals surface area (Å²) in [7, 11) is 0. The number of non-ortho nitro benzene ring substituents is 1. The highest BCUT2D eigenvalue weighted by Gasteiger charge is 2.19. The van der Waals surface area contributed by atoms with Crippen LogP contribution >= 0.6 is 0 Å². The fraction of sp³-hybridized carbons (Fsp3) is 0.0714. The second kappa shape index (κ2) is 7.77. The van der Waals surface area contributed by atoms with E-state index in [4.69, 9.17) is 0 Å². The Balaban J connectivity index is 2.11. The number of anilines is 1. The molecule has 0 radical (unpaired) electrons. The van der Waals surface area contributed by atoms with Crippen molar-refractivity contribution in [1.29, 1.82) is 0 Å². The van der Waals surface area contributed by atoms with E-state index in [0.717, 1.165) is 18.2 Å². The number of nitrogens with zero attached hydrogens (tertiary/aromatic N) is 3. The average molecular weight is 352 g/mol. The Bertz CT molecular complexity index is 811. The summed E-state index contributed by atoms with van der Waals surface area (Å²) in [6.45, 7) is -2.93. The van der Waals surface area contributed by atoms with Gasteiger partial charge in [-0.3, -0.25) is 25.7 Å². The Kier molecular flexibility index (Phi) is 5.50. The summed E-state index contributed by atoms with van der Waals surface area (Å²) in [6, 6.07) is 8.59. The zero-order valence-corrected chi connectivity index (χ0v) is 12.3. The number of nitrogens with one attached hydrogen (secondary N) is 1. The summed E-state index contributed by atoms with van der Waals surface area (Å²) < 4.78 is 28.3. The van der Waals surface area contributed by atoms with Gasteiger partial charge in [0.2, 0.25) is 0 Å². The number of hydrogen-bond acceptors (Lipinski definition) is 7. The maximum absolute atomic E-state index is 12.0. The normalized spacial score (nSPS) is 10.8. The highest BCUT2D eigenvalue weighted by atomic mass is 19.3. The van der Waals surface area contributed by atoms with E-state index < -0.39 is 27.8 Å². The number of nitro groups is 2. The van der Waals surface area contributed by atoms with Crippen molar-refractivity contribution in [3.8, 4) is 5.75 Å². The molecule has 130 valence electrons. The van der Waals surface area contributed by atoms with Gasteiger partial charge in [0.25, 0.3) is 5.69 Å². The van der Waals surface area contributed by atoms with Gasteiger partial charge in [-0.15, -0.1) is 0 Å². The van der Waals surface area contributed by atoms with Crippen molar-refractivity contribution in [2.24, 2.45) is 5.10 Å². The molecular weight excluding hydrogens is 342 g/mol. The second-order valence-electron chi connectivity index (χ2n) is 4.53. The fourth-order valence-corrected chi connectivity index (χ4v) is 1.79. The van der Waals surface area contributed by atoms with Gasteiger partial charge in [0.05, 0.1) is 22.1 Å². The summed E-state index contributed by atoms with van der Waals surface area (Å²) in [5, 5.41) is 25.4. The molecule has 0 unspecified atom stereocenters. The molecule has 0 amide bonds. The van der Waals surface area contributed by atoms with Gasteiger partial charge in [0.15, 0.2) is 0 Å². The van der Waals surface area contributed by atoms with Gasteiger partial charge in [-0.05, 0) is 35.9 Å². The molecule has 2 aromatic rings. The van der Waals surface area contributed by atoms with Crippen LogP contribution in [0.3, 0.4) is 0 Å². The van der Waals surface area contributed by atoms with Gasteiger partial charge < -0.3 is 4.74 Å². The number of ether oxygens (including phenoxy) is 1. The molecule has 0 heterocycles. The predicted octanol–water partition coefficient (Wildman–Crippen LogP) is 3.55. The fourth-order valence-electron chi connectivity index (χ4n) is 1.79. The second-order valence-corrected chi connectivity index (χ2v) is 4.53. The minimum absolute atomic E-state index is 0.0221. The van der Waals surface area contributed by atoms with Gasteiger partial charge in [-0.1, -0.05) is 0 Å². The highest BCUT2D eigenvalue weighted by Crippen LogP contribution is 2.28. The van der Waals surface area contributed by atoms with E-state index in [1.807, 2.05) is 0 Å². The van der Waals surface area contributed by atoms with Crippen LogP contribution in [0.2, 0.25) is 0 Å². The van der Waals surface area contributed by atoms with Crippen molar-refractivity contribution >= 4 is 23.3 Å². The smallest absolute Gasteiger partial charge is 0.387 e. The number of hydrogen-bond donors (Lipinski definition) is 1. The summed E-state index contributed by atoms with van der Waals surface area (Å²) in [5.74, 6) is -0.0221. The van der Waals surface area contributed by atoms with E-state index in [2.05, 4.69) is 15.3 Å². The Labute approximate surface area is 138 Å². The Morgan fingerprint density at radius 1 is 1.08 bits per heavy atom. The minimum Gasteiger partial charge on any atom is -0.435 e. The largest absolute Gasteiger partial charge is 0.435 e.